The van der Waals surface area contributed by atoms with Crippen LogP contribution in [0.25, 0.3) is 0 Å². The second-order valence-corrected chi connectivity index (χ2v) is 5.48. The van der Waals surface area contributed by atoms with Crippen LogP contribution in [0.15, 0.2) is 54.6 Å². The van der Waals surface area contributed by atoms with E-state index in [0.29, 0.717) is 13.0 Å². The average molecular weight is 296 g/mol. The van der Waals surface area contributed by atoms with Crippen LogP contribution in [0, 0.1) is 0 Å². The maximum absolute atomic E-state index is 12.1. The van der Waals surface area contributed by atoms with Gasteiger partial charge in [-0.1, -0.05) is 42.5 Å². The van der Waals surface area contributed by atoms with Gasteiger partial charge in [-0.15, -0.1) is 0 Å². The third-order valence-corrected chi connectivity index (χ3v) is 3.98. The number of piperazine rings is 1. The van der Waals surface area contributed by atoms with Gasteiger partial charge in [0.2, 0.25) is 5.91 Å². The van der Waals surface area contributed by atoms with Crippen molar-refractivity contribution in [3.63, 3.8) is 0 Å². The lowest BCUT2D eigenvalue weighted by Gasteiger charge is -2.31. The summed E-state index contributed by atoms with van der Waals surface area (Å²) in [4.78, 5) is 12.1. The van der Waals surface area contributed by atoms with Crippen LogP contribution in [-0.2, 0) is 11.2 Å². The van der Waals surface area contributed by atoms with Crippen LogP contribution in [0.2, 0.25) is 0 Å². The molecule has 4 nitrogen and oxygen atoms in total. The SMILES string of the molecule is COc1cccc([C@H]2CNC(=O)[C@H](Cc3ccccc3)N2)c1. The predicted octanol–water partition coefficient (Wildman–Crippen LogP) is 2.07. The molecule has 0 radical (unpaired) electrons. The normalized spacial score (nSPS) is 21.2. The number of methoxy groups -OCH3 is 1. The second-order valence-electron chi connectivity index (χ2n) is 5.48. The Labute approximate surface area is 130 Å². The molecule has 2 aromatic rings. The Bertz CT molecular complexity index is 643. The quantitative estimate of drug-likeness (QED) is 0.908. The number of rotatable bonds is 4. The molecule has 2 N–H and O–H groups in total. The fourth-order valence-electron chi connectivity index (χ4n) is 2.78. The van der Waals surface area contributed by atoms with Gasteiger partial charge in [0.25, 0.3) is 0 Å². The van der Waals surface area contributed by atoms with E-state index in [1.54, 1.807) is 7.11 Å². The Balaban J connectivity index is 1.74. The standard InChI is InChI=1S/C18H20N2O2/c1-22-15-9-5-8-14(11-15)17-12-19-18(21)16(20-17)10-13-6-3-2-4-7-13/h2-9,11,16-17,20H,10,12H2,1H3,(H,19,21)/t16-,17+/m0/s1. The molecular formula is C18H20N2O2. The molecule has 0 aliphatic carbocycles. The molecule has 1 heterocycles. The van der Waals surface area contributed by atoms with E-state index in [1.807, 2.05) is 48.5 Å². The third kappa shape index (κ3) is 3.28. The van der Waals surface area contributed by atoms with Gasteiger partial charge in [-0.05, 0) is 29.7 Å². The number of ether oxygens (including phenoxy) is 1. The van der Waals surface area contributed by atoms with E-state index >= 15 is 0 Å². The number of nitrogens with one attached hydrogen (secondary N) is 2. The lowest BCUT2D eigenvalue weighted by Crippen LogP contribution is -2.55. The number of hydrogen-bond acceptors (Lipinski definition) is 3. The van der Waals surface area contributed by atoms with Crippen molar-refractivity contribution >= 4 is 5.91 Å². The molecule has 2 aromatic carbocycles. The number of amides is 1. The molecule has 0 unspecified atom stereocenters. The third-order valence-electron chi connectivity index (χ3n) is 3.98. The minimum absolute atomic E-state index is 0.0583. The van der Waals surface area contributed by atoms with Gasteiger partial charge in [0.05, 0.1) is 19.2 Å². The first-order valence-corrected chi connectivity index (χ1v) is 7.48. The molecule has 3 rings (SSSR count). The van der Waals surface area contributed by atoms with Gasteiger partial charge in [0, 0.05) is 6.54 Å². The van der Waals surface area contributed by atoms with Crippen LogP contribution >= 0.6 is 0 Å². The van der Waals surface area contributed by atoms with Crippen molar-refractivity contribution in [3.8, 4) is 5.75 Å². The van der Waals surface area contributed by atoms with E-state index in [2.05, 4.69) is 16.7 Å². The summed E-state index contributed by atoms with van der Waals surface area (Å²) < 4.78 is 5.27. The molecule has 0 aromatic heterocycles. The lowest BCUT2D eigenvalue weighted by atomic mass is 9.98. The zero-order chi connectivity index (χ0) is 15.4. The van der Waals surface area contributed by atoms with E-state index < -0.39 is 0 Å². The van der Waals surface area contributed by atoms with Gasteiger partial charge < -0.3 is 10.1 Å². The van der Waals surface area contributed by atoms with Gasteiger partial charge in [-0.2, -0.15) is 0 Å². The first kappa shape index (κ1) is 14.6. The van der Waals surface area contributed by atoms with Gasteiger partial charge in [0.1, 0.15) is 5.75 Å². The predicted molar refractivity (Wildman–Crippen MR) is 85.8 cm³/mol. The summed E-state index contributed by atoms with van der Waals surface area (Å²) in [7, 11) is 1.66. The number of carbonyl (C=O) groups excluding carboxylic acids is 1. The molecule has 0 spiro atoms. The Morgan fingerprint density at radius 3 is 2.73 bits per heavy atom. The molecule has 4 heteroatoms. The molecule has 1 amide bonds. The smallest absolute Gasteiger partial charge is 0.237 e. The molecule has 0 bridgehead atoms. The van der Waals surface area contributed by atoms with Crippen molar-refractivity contribution in [2.75, 3.05) is 13.7 Å². The second kappa shape index (κ2) is 6.62. The largest absolute Gasteiger partial charge is 0.497 e. The van der Waals surface area contributed by atoms with Gasteiger partial charge in [0.15, 0.2) is 0 Å². The minimum atomic E-state index is -0.215. The minimum Gasteiger partial charge on any atom is -0.497 e. The monoisotopic (exact) mass is 296 g/mol. The first-order valence-electron chi connectivity index (χ1n) is 7.48. The summed E-state index contributed by atoms with van der Waals surface area (Å²) in [6.45, 7) is 0.595. The molecule has 1 aliphatic rings. The van der Waals surface area contributed by atoms with Gasteiger partial charge in [-0.25, -0.2) is 0 Å². The molecule has 22 heavy (non-hydrogen) atoms. The van der Waals surface area contributed by atoms with Gasteiger partial charge >= 0.3 is 0 Å². The van der Waals surface area contributed by atoms with Crippen molar-refractivity contribution in [1.29, 1.82) is 0 Å². The summed E-state index contributed by atoms with van der Waals surface area (Å²) >= 11 is 0. The summed E-state index contributed by atoms with van der Waals surface area (Å²) in [6.07, 6.45) is 0.688. The Hall–Kier alpha value is -2.33. The molecule has 114 valence electrons. The van der Waals surface area contributed by atoms with Crippen molar-refractivity contribution < 1.29 is 9.53 Å². The topological polar surface area (TPSA) is 50.4 Å². The maximum Gasteiger partial charge on any atom is 0.237 e. The lowest BCUT2D eigenvalue weighted by molar-refractivity contribution is -0.125. The molecular weight excluding hydrogens is 276 g/mol. The summed E-state index contributed by atoms with van der Waals surface area (Å²) in [5, 5.41) is 6.45. The van der Waals surface area contributed by atoms with Crippen LogP contribution in [0.1, 0.15) is 17.2 Å². The van der Waals surface area contributed by atoms with E-state index in [4.69, 9.17) is 4.74 Å². The van der Waals surface area contributed by atoms with E-state index in [9.17, 15) is 4.79 Å². The van der Waals surface area contributed by atoms with Crippen molar-refractivity contribution in [2.45, 2.75) is 18.5 Å². The highest BCUT2D eigenvalue weighted by Gasteiger charge is 2.28. The van der Waals surface area contributed by atoms with Crippen molar-refractivity contribution in [3.05, 3.63) is 65.7 Å². The number of hydrogen-bond donors (Lipinski definition) is 2. The van der Waals surface area contributed by atoms with Crippen molar-refractivity contribution in [2.24, 2.45) is 0 Å². The Morgan fingerprint density at radius 2 is 1.95 bits per heavy atom. The average Bonchev–Trinajstić information content (AvgIpc) is 2.58. The molecule has 0 saturated carbocycles. The van der Waals surface area contributed by atoms with Crippen LogP contribution in [-0.4, -0.2) is 25.6 Å². The zero-order valence-electron chi connectivity index (χ0n) is 12.6. The van der Waals surface area contributed by atoms with Crippen LogP contribution in [0.4, 0.5) is 0 Å². The molecule has 1 aliphatic heterocycles. The Kier molecular flexibility index (Phi) is 4.39. The van der Waals surface area contributed by atoms with Crippen molar-refractivity contribution in [1.82, 2.24) is 10.6 Å². The van der Waals surface area contributed by atoms with Crippen LogP contribution in [0.3, 0.4) is 0 Å². The Morgan fingerprint density at radius 1 is 1.14 bits per heavy atom. The van der Waals surface area contributed by atoms with Gasteiger partial charge in [-0.3, -0.25) is 10.1 Å². The highest BCUT2D eigenvalue weighted by atomic mass is 16.5. The molecule has 1 fully saturated rings. The highest BCUT2D eigenvalue weighted by molar-refractivity contribution is 5.83. The van der Waals surface area contributed by atoms with E-state index in [1.165, 1.54) is 0 Å². The summed E-state index contributed by atoms with van der Waals surface area (Å²) in [5.74, 6) is 0.888. The zero-order valence-corrected chi connectivity index (χ0v) is 12.6. The number of benzene rings is 2. The fraction of sp³-hybridized carbons (Fsp3) is 0.278. The molecule has 1 saturated heterocycles. The maximum atomic E-state index is 12.1. The highest BCUT2D eigenvalue weighted by Crippen LogP contribution is 2.21. The summed E-state index contributed by atoms with van der Waals surface area (Å²) in [5.41, 5.74) is 2.28. The summed E-state index contributed by atoms with van der Waals surface area (Å²) in [6, 6.07) is 17.9. The van der Waals surface area contributed by atoms with E-state index in [-0.39, 0.29) is 18.0 Å². The van der Waals surface area contributed by atoms with Crippen LogP contribution in [0.5, 0.6) is 5.75 Å². The molecule has 2 atom stereocenters. The number of carbonyl (C=O) groups is 1. The first-order chi connectivity index (χ1) is 10.8. The van der Waals surface area contributed by atoms with Crippen LogP contribution < -0.4 is 15.4 Å². The van der Waals surface area contributed by atoms with E-state index in [0.717, 1.165) is 16.9 Å². The fourth-order valence-corrected chi connectivity index (χ4v) is 2.78.